The summed E-state index contributed by atoms with van der Waals surface area (Å²) in [4.78, 5) is 0. The molecule has 0 heteroatoms. The third-order valence-electron chi connectivity index (χ3n) is 4.46. The quantitative estimate of drug-likeness (QED) is 0.312. The summed E-state index contributed by atoms with van der Waals surface area (Å²) in [5.74, 6) is 0. The van der Waals surface area contributed by atoms with Crippen molar-refractivity contribution in [2.45, 2.75) is 104 Å². The van der Waals surface area contributed by atoms with Crippen molar-refractivity contribution in [1.82, 2.24) is 0 Å². The highest BCUT2D eigenvalue weighted by Crippen LogP contribution is 2.39. The lowest BCUT2D eigenvalue weighted by atomic mass is 9.72. The van der Waals surface area contributed by atoms with Crippen molar-refractivity contribution in [3.8, 4) is 0 Å². The molecule has 0 bridgehead atoms. The molecule has 0 N–H and O–H groups in total. The Morgan fingerprint density at radius 1 is 0.611 bits per heavy atom. The molecule has 0 fully saturated rings. The van der Waals surface area contributed by atoms with Crippen LogP contribution in [0.5, 0.6) is 0 Å². The second-order valence-electron chi connectivity index (χ2n) is 6.12. The van der Waals surface area contributed by atoms with Gasteiger partial charge in [0.25, 0.3) is 0 Å². The Hall–Kier alpha value is 0. The Balaban J connectivity index is 4.20. The van der Waals surface area contributed by atoms with Crippen LogP contribution in [0.3, 0.4) is 0 Å². The molecule has 0 aliphatic rings. The normalized spacial score (nSPS) is 12.0. The topological polar surface area (TPSA) is 0 Å². The van der Waals surface area contributed by atoms with Gasteiger partial charge in [-0.25, -0.2) is 0 Å². The van der Waals surface area contributed by atoms with Crippen molar-refractivity contribution in [2.24, 2.45) is 5.41 Å². The third kappa shape index (κ3) is 8.16. The van der Waals surface area contributed by atoms with Crippen molar-refractivity contribution in [1.29, 1.82) is 0 Å². The van der Waals surface area contributed by atoms with Crippen LogP contribution in [0.15, 0.2) is 0 Å². The van der Waals surface area contributed by atoms with E-state index in [1.807, 2.05) is 0 Å². The molecule has 0 unspecified atom stereocenters. The van der Waals surface area contributed by atoms with E-state index in [-0.39, 0.29) is 0 Å². The summed E-state index contributed by atoms with van der Waals surface area (Å²) >= 11 is 0. The highest BCUT2D eigenvalue weighted by atomic mass is 14.3. The maximum atomic E-state index is 4.29. The van der Waals surface area contributed by atoms with Gasteiger partial charge in [-0.15, -0.1) is 0 Å². The van der Waals surface area contributed by atoms with Crippen LogP contribution in [0.25, 0.3) is 0 Å². The summed E-state index contributed by atoms with van der Waals surface area (Å²) in [6.07, 6.45) is 18.0. The lowest BCUT2D eigenvalue weighted by Gasteiger charge is -2.33. The van der Waals surface area contributed by atoms with Gasteiger partial charge in [0.2, 0.25) is 0 Å². The van der Waals surface area contributed by atoms with Crippen molar-refractivity contribution in [3.63, 3.8) is 0 Å². The summed E-state index contributed by atoms with van der Waals surface area (Å²) in [5.41, 5.74) is 0.583. The van der Waals surface area contributed by atoms with Gasteiger partial charge in [-0.05, 0) is 31.1 Å². The summed E-state index contributed by atoms with van der Waals surface area (Å²) in [6, 6.07) is 0. The fourth-order valence-electron chi connectivity index (χ4n) is 3.00. The van der Waals surface area contributed by atoms with Crippen LogP contribution >= 0.6 is 0 Å². The Bertz CT molecular complexity index is 133. The molecule has 0 rings (SSSR count). The zero-order chi connectivity index (χ0) is 13.7. The SMILES string of the molecule is [CH2]CC(CCCCC)(CCCCC)CCCCC. The summed E-state index contributed by atoms with van der Waals surface area (Å²) in [7, 11) is 0. The van der Waals surface area contributed by atoms with E-state index in [0.717, 1.165) is 6.42 Å². The molecule has 18 heavy (non-hydrogen) atoms. The zero-order valence-electron chi connectivity index (χ0n) is 13.4. The average Bonchev–Trinajstić information content (AvgIpc) is 2.39. The van der Waals surface area contributed by atoms with Gasteiger partial charge in [-0.2, -0.15) is 0 Å². The third-order valence-corrected chi connectivity index (χ3v) is 4.46. The second kappa shape index (κ2) is 12.1. The highest BCUT2D eigenvalue weighted by molar-refractivity contribution is 4.80. The number of unbranched alkanes of at least 4 members (excludes halogenated alkanes) is 6. The van der Waals surface area contributed by atoms with Crippen molar-refractivity contribution in [3.05, 3.63) is 6.92 Å². The molecule has 1 radical (unpaired) electrons. The van der Waals surface area contributed by atoms with Crippen LogP contribution in [-0.4, -0.2) is 0 Å². The predicted molar refractivity (Wildman–Crippen MR) is 84.8 cm³/mol. The highest BCUT2D eigenvalue weighted by Gasteiger charge is 2.26. The molecule has 0 aromatic heterocycles. The molecule has 0 saturated heterocycles. The average molecular weight is 253 g/mol. The van der Waals surface area contributed by atoms with Gasteiger partial charge in [0.15, 0.2) is 0 Å². The Kier molecular flexibility index (Phi) is 12.1. The van der Waals surface area contributed by atoms with E-state index in [1.165, 1.54) is 77.0 Å². The largest absolute Gasteiger partial charge is 0.0654 e. The monoisotopic (exact) mass is 253 g/mol. The van der Waals surface area contributed by atoms with Gasteiger partial charge in [0.05, 0.1) is 0 Å². The molecule has 0 nitrogen and oxygen atoms in total. The second-order valence-corrected chi connectivity index (χ2v) is 6.12. The van der Waals surface area contributed by atoms with Crippen LogP contribution in [0, 0.1) is 12.3 Å². The van der Waals surface area contributed by atoms with Gasteiger partial charge in [0.1, 0.15) is 0 Å². The first-order valence-corrected chi connectivity index (χ1v) is 8.54. The molecule has 0 aromatic carbocycles. The number of rotatable bonds is 13. The lowest BCUT2D eigenvalue weighted by molar-refractivity contribution is 0.198. The minimum atomic E-state index is 0.583. The van der Waals surface area contributed by atoms with Gasteiger partial charge in [0, 0.05) is 0 Å². The lowest BCUT2D eigenvalue weighted by Crippen LogP contribution is -2.20. The van der Waals surface area contributed by atoms with Gasteiger partial charge in [-0.3, -0.25) is 0 Å². The van der Waals surface area contributed by atoms with Crippen molar-refractivity contribution >= 4 is 0 Å². The molecule has 0 heterocycles. The van der Waals surface area contributed by atoms with Crippen LogP contribution in [0.4, 0.5) is 0 Å². The molecule has 0 aliphatic carbocycles. The Labute approximate surface area is 117 Å². The fraction of sp³-hybridized carbons (Fsp3) is 0.944. The molecule has 0 amide bonds. The van der Waals surface area contributed by atoms with Crippen molar-refractivity contribution < 1.29 is 0 Å². The smallest absolute Gasteiger partial charge is 0.0297 e. The van der Waals surface area contributed by atoms with Crippen LogP contribution in [0.1, 0.15) is 104 Å². The maximum Gasteiger partial charge on any atom is -0.0297 e. The molecule has 0 atom stereocenters. The Morgan fingerprint density at radius 2 is 0.944 bits per heavy atom. The van der Waals surface area contributed by atoms with Gasteiger partial charge >= 0.3 is 0 Å². The van der Waals surface area contributed by atoms with E-state index in [9.17, 15) is 0 Å². The van der Waals surface area contributed by atoms with Crippen LogP contribution in [-0.2, 0) is 0 Å². The fourth-order valence-corrected chi connectivity index (χ4v) is 3.00. The first-order valence-electron chi connectivity index (χ1n) is 8.54. The van der Waals surface area contributed by atoms with E-state index < -0.39 is 0 Å². The molecule has 0 aromatic rings. The van der Waals surface area contributed by atoms with E-state index in [2.05, 4.69) is 27.7 Å². The zero-order valence-corrected chi connectivity index (χ0v) is 13.4. The van der Waals surface area contributed by atoms with E-state index in [4.69, 9.17) is 0 Å². The minimum absolute atomic E-state index is 0.583. The summed E-state index contributed by atoms with van der Waals surface area (Å²) in [6.45, 7) is 11.2. The molecule has 0 spiro atoms. The maximum absolute atomic E-state index is 4.29. The van der Waals surface area contributed by atoms with Crippen LogP contribution in [0.2, 0.25) is 0 Å². The van der Waals surface area contributed by atoms with Crippen LogP contribution < -0.4 is 0 Å². The van der Waals surface area contributed by atoms with E-state index in [1.54, 1.807) is 0 Å². The van der Waals surface area contributed by atoms with E-state index >= 15 is 0 Å². The number of hydrogen-bond donors (Lipinski definition) is 0. The van der Waals surface area contributed by atoms with Gasteiger partial charge in [-0.1, -0.05) is 85.5 Å². The number of hydrogen-bond acceptors (Lipinski definition) is 0. The Morgan fingerprint density at radius 3 is 1.17 bits per heavy atom. The molecular weight excluding hydrogens is 216 g/mol. The molecule has 109 valence electrons. The minimum Gasteiger partial charge on any atom is -0.0654 e. The molecule has 0 saturated carbocycles. The van der Waals surface area contributed by atoms with Gasteiger partial charge < -0.3 is 0 Å². The molecule has 0 aliphatic heterocycles. The summed E-state index contributed by atoms with van der Waals surface area (Å²) in [5, 5.41) is 0. The van der Waals surface area contributed by atoms with E-state index in [0.29, 0.717) is 5.41 Å². The standard InChI is InChI=1S/C18H37/c1-5-9-12-15-18(8-4,16-13-10-6-2)17-14-11-7-3/h4-17H2,1-3H3. The van der Waals surface area contributed by atoms with Crippen molar-refractivity contribution in [2.75, 3.05) is 0 Å². The molecular formula is C18H37. The summed E-state index contributed by atoms with van der Waals surface area (Å²) < 4.78 is 0. The first-order chi connectivity index (χ1) is 8.74. The predicted octanol–water partition coefficient (Wildman–Crippen LogP) is 6.94. The first kappa shape index (κ1) is 18.0.